The lowest BCUT2D eigenvalue weighted by atomic mass is 10.0. The molecule has 0 aliphatic rings. The van der Waals surface area contributed by atoms with Crippen molar-refractivity contribution in [2.75, 3.05) is 6.54 Å². The molecule has 0 aliphatic heterocycles. The van der Waals surface area contributed by atoms with E-state index in [0.717, 1.165) is 0 Å². The molecule has 5 heteroatoms. The maximum Gasteiger partial charge on any atom is 0.220 e. The predicted molar refractivity (Wildman–Crippen MR) is 71.0 cm³/mol. The van der Waals surface area contributed by atoms with Gasteiger partial charge in [0.25, 0.3) is 0 Å². The highest BCUT2D eigenvalue weighted by Crippen LogP contribution is 2.20. The molecule has 0 fully saturated rings. The number of carbonyl (C=O) groups excluding carboxylic acids is 1. The van der Waals surface area contributed by atoms with E-state index in [1.54, 1.807) is 12.1 Å². The molecule has 18 heavy (non-hydrogen) atoms. The molecule has 100 valence electrons. The van der Waals surface area contributed by atoms with Gasteiger partial charge in [0.05, 0.1) is 0 Å². The third kappa shape index (κ3) is 4.27. The molecule has 0 bridgehead atoms. The SMILES string of the molecule is CC(C)(CN)NC(=O)CCc1c(F)cccc1Cl. The van der Waals surface area contributed by atoms with Crippen molar-refractivity contribution in [2.24, 2.45) is 5.73 Å². The summed E-state index contributed by atoms with van der Waals surface area (Å²) in [5.41, 5.74) is 5.44. The number of rotatable bonds is 5. The van der Waals surface area contributed by atoms with Crippen molar-refractivity contribution in [1.29, 1.82) is 0 Å². The Morgan fingerprint density at radius 3 is 2.72 bits per heavy atom. The third-order valence-electron chi connectivity index (χ3n) is 2.65. The van der Waals surface area contributed by atoms with Crippen molar-refractivity contribution in [3.05, 3.63) is 34.6 Å². The van der Waals surface area contributed by atoms with Gasteiger partial charge in [-0.2, -0.15) is 0 Å². The largest absolute Gasteiger partial charge is 0.350 e. The minimum Gasteiger partial charge on any atom is -0.350 e. The average molecular weight is 273 g/mol. The Labute approximate surface area is 112 Å². The molecule has 3 nitrogen and oxygen atoms in total. The van der Waals surface area contributed by atoms with Crippen molar-refractivity contribution in [1.82, 2.24) is 5.32 Å². The Hall–Kier alpha value is -1.13. The Kier molecular flexibility index (Phi) is 5.11. The van der Waals surface area contributed by atoms with Crippen LogP contribution in [0, 0.1) is 5.82 Å². The number of halogens is 2. The van der Waals surface area contributed by atoms with Crippen LogP contribution in [-0.4, -0.2) is 18.0 Å². The summed E-state index contributed by atoms with van der Waals surface area (Å²) >= 11 is 5.88. The predicted octanol–water partition coefficient (Wildman–Crippen LogP) is 2.27. The molecule has 0 spiro atoms. The maximum atomic E-state index is 13.5. The normalized spacial score (nSPS) is 11.4. The van der Waals surface area contributed by atoms with E-state index in [4.69, 9.17) is 17.3 Å². The summed E-state index contributed by atoms with van der Waals surface area (Å²) < 4.78 is 13.5. The number of amides is 1. The first-order valence-electron chi connectivity index (χ1n) is 5.80. The van der Waals surface area contributed by atoms with Crippen molar-refractivity contribution in [2.45, 2.75) is 32.2 Å². The highest BCUT2D eigenvalue weighted by atomic mass is 35.5. The maximum absolute atomic E-state index is 13.5. The van der Waals surface area contributed by atoms with Gasteiger partial charge in [0.2, 0.25) is 5.91 Å². The molecule has 0 radical (unpaired) electrons. The second-order valence-electron chi connectivity index (χ2n) is 4.84. The van der Waals surface area contributed by atoms with Crippen LogP contribution in [0.4, 0.5) is 4.39 Å². The first-order valence-corrected chi connectivity index (χ1v) is 6.17. The van der Waals surface area contributed by atoms with E-state index < -0.39 is 5.54 Å². The van der Waals surface area contributed by atoms with E-state index in [9.17, 15) is 9.18 Å². The zero-order valence-electron chi connectivity index (χ0n) is 10.6. The van der Waals surface area contributed by atoms with E-state index in [1.807, 2.05) is 13.8 Å². The van der Waals surface area contributed by atoms with Crippen LogP contribution in [0.3, 0.4) is 0 Å². The molecular weight excluding hydrogens is 255 g/mol. The Bertz CT molecular complexity index is 415. The van der Waals surface area contributed by atoms with Crippen LogP contribution in [0.5, 0.6) is 0 Å². The highest BCUT2D eigenvalue weighted by Gasteiger charge is 2.18. The van der Waals surface area contributed by atoms with Gasteiger partial charge in [-0.05, 0) is 32.4 Å². The summed E-state index contributed by atoms with van der Waals surface area (Å²) in [5, 5.41) is 3.13. The quantitative estimate of drug-likeness (QED) is 0.864. The van der Waals surface area contributed by atoms with Crippen LogP contribution in [0.1, 0.15) is 25.8 Å². The first-order chi connectivity index (χ1) is 8.35. The summed E-state index contributed by atoms with van der Waals surface area (Å²) in [6, 6.07) is 4.49. The zero-order chi connectivity index (χ0) is 13.8. The molecular formula is C13H18ClFN2O. The lowest BCUT2D eigenvalue weighted by Gasteiger charge is -2.24. The van der Waals surface area contributed by atoms with Gasteiger partial charge in [0.15, 0.2) is 0 Å². The fourth-order valence-corrected chi connectivity index (χ4v) is 1.76. The van der Waals surface area contributed by atoms with E-state index in [2.05, 4.69) is 5.32 Å². The minimum absolute atomic E-state index is 0.162. The molecule has 0 aromatic heterocycles. The monoisotopic (exact) mass is 272 g/mol. The molecule has 0 unspecified atom stereocenters. The van der Waals surface area contributed by atoms with E-state index in [1.165, 1.54) is 6.07 Å². The molecule has 1 aromatic rings. The van der Waals surface area contributed by atoms with Crippen LogP contribution >= 0.6 is 11.6 Å². The zero-order valence-corrected chi connectivity index (χ0v) is 11.4. The average Bonchev–Trinajstić information content (AvgIpc) is 2.28. The van der Waals surface area contributed by atoms with E-state index >= 15 is 0 Å². The smallest absolute Gasteiger partial charge is 0.220 e. The Balaban J connectivity index is 2.58. The minimum atomic E-state index is -0.448. The van der Waals surface area contributed by atoms with Gasteiger partial charge in [0.1, 0.15) is 5.82 Å². The van der Waals surface area contributed by atoms with Gasteiger partial charge in [0, 0.05) is 29.1 Å². The van der Waals surface area contributed by atoms with Gasteiger partial charge in [-0.25, -0.2) is 4.39 Å². The summed E-state index contributed by atoms with van der Waals surface area (Å²) in [5.74, 6) is -0.543. The van der Waals surface area contributed by atoms with Crippen LogP contribution in [0.15, 0.2) is 18.2 Å². The first kappa shape index (κ1) is 14.9. The van der Waals surface area contributed by atoms with Gasteiger partial charge in [-0.15, -0.1) is 0 Å². The Morgan fingerprint density at radius 2 is 2.17 bits per heavy atom. The number of carbonyl (C=O) groups is 1. The number of nitrogens with two attached hydrogens (primary N) is 1. The number of nitrogens with one attached hydrogen (secondary N) is 1. The van der Waals surface area contributed by atoms with Crippen LogP contribution < -0.4 is 11.1 Å². The van der Waals surface area contributed by atoms with Gasteiger partial charge < -0.3 is 11.1 Å². The second-order valence-corrected chi connectivity index (χ2v) is 5.24. The number of hydrogen-bond acceptors (Lipinski definition) is 2. The molecule has 0 aliphatic carbocycles. The molecule has 0 saturated heterocycles. The summed E-state index contributed by atoms with van der Waals surface area (Å²) in [6.45, 7) is 4.02. The van der Waals surface area contributed by atoms with Crippen molar-refractivity contribution in [3.63, 3.8) is 0 Å². The van der Waals surface area contributed by atoms with Crippen molar-refractivity contribution < 1.29 is 9.18 Å². The summed E-state index contributed by atoms with van der Waals surface area (Å²) in [7, 11) is 0. The number of hydrogen-bond donors (Lipinski definition) is 2. The molecule has 1 aromatic carbocycles. The van der Waals surface area contributed by atoms with Gasteiger partial charge in [-0.3, -0.25) is 4.79 Å². The van der Waals surface area contributed by atoms with Gasteiger partial charge >= 0.3 is 0 Å². The fourth-order valence-electron chi connectivity index (χ4n) is 1.50. The lowest BCUT2D eigenvalue weighted by molar-refractivity contribution is -0.122. The fraction of sp³-hybridized carbons (Fsp3) is 0.462. The van der Waals surface area contributed by atoms with Crippen molar-refractivity contribution in [3.8, 4) is 0 Å². The molecule has 1 rings (SSSR count). The van der Waals surface area contributed by atoms with Crippen LogP contribution in [-0.2, 0) is 11.2 Å². The van der Waals surface area contributed by atoms with E-state index in [-0.39, 0.29) is 24.6 Å². The topological polar surface area (TPSA) is 55.1 Å². The summed E-state index contributed by atoms with van der Waals surface area (Å²) in [6.07, 6.45) is 0.460. The van der Waals surface area contributed by atoms with Gasteiger partial charge in [-0.1, -0.05) is 17.7 Å². The van der Waals surface area contributed by atoms with E-state index in [0.29, 0.717) is 17.1 Å². The molecule has 1 amide bonds. The second kappa shape index (κ2) is 6.16. The molecule has 0 heterocycles. The van der Waals surface area contributed by atoms with Crippen molar-refractivity contribution >= 4 is 17.5 Å². The lowest BCUT2D eigenvalue weighted by Crippen LogP contribution is -2.48. The molecule has 0 saturated carbocycles. The molecule has 0 atom stereocenters. The standard InChI is InChI=1S/C13H18ClFN2O/c1-13(2,8-16)17-12(18)7-6-9-10(14)4-3-5-11(9)15/h3-5H,6-8,16H2,1-2H3,(H,17,18). The highest BCUT2D eigenvalue weighted by molar-refractivity contribution is 6.31. The number of benzene rings is 1. The summed E-state index contributed by atoms with van der Waals surface area (Å²) in [4.78, 5) is 11.7. The third-order valence-corrected chi connectivity index (χ3v) is 3.01. The molecule has 3 N–H and O–H groups in total. The Morgan fingerprint density at radius 1 is 1.50 bits per heavy atom. The van der Waals surface area contributed by atoms with Crippen LogP contribution in [0.25, 0.3) is 0 Å². The van der Waals surface area contributed by atoms with Crippen LogP contribution in [0.2, 0.25) is 5.02 Å².